The first-order chi connectivity index (χ1) is 14.6. The predicted molar refractivity (Wildman–Crippen MR) is 120 cm³/mol. The van der Waals surface area contributed by atoms with Crippen molar-refractivity contribution in [2.24, 2.45) is 0 Å². The van der Waals surface area contributed by atoms with Gasteiger partial charge in [-0.05, 0) is 48.9 Å². The Balaban J connectivity index is 1.92. The van der Waals surface area contributed by atoms with Crippen molar-refractivity contribution >= 4 is 28.8 Å². The zero-order chi connectivity index (χ0) is 21.5. The van der Waals surface area contributed by atoms with E-state index in [-0.39, 0.29) is 6.61 Å². The number of carbonyl (C=O) groups is 1. The number of aliphatic hydroxyl groups is 1. The van der Waals surface area contributed by atoms with Crippen LogP contribution in [-0.2, 0) is 22.4 Å². The van der Waals surface area contributed by atoms with Gasteiger partial charge < -0.3 is 15.2 Å². The van der Waals surface area contributed by atoms with Crippen LogP contribution in [-0.4, -0.2) is 27.7 Å². The topological polar surface area (TPSA) is 84.3 Å². The molecule has 6 nitrogen and oxygen atoms in total. The average Bonchev–Trinajstić information content (AvgIpc) is 3.30. The number of aliphatic hydroxyl groups excluding tert-OH is 1. The minimum Gasteiger partial charge on any atom is -0.464 e. The van der Waals surface area contributed by atoms with Crippen LogP contribution in [0.4, 0.5) is 11.5 Å². The number of thiophene rings is 1. The Bertz CT molecular complexity index is 1000. The first kappa shape index (κ1) is 21.7. The van der Waals surface area contributed by atoms with E-state index in [9.17, 15) is 9.90 Å². The molecule has 3 rings (SSSR count). The fraction of sp³-hybridized carbons (Fsp3) is 0.261. The monoisotopic (exact) mass is 423 g/mol. The van der Waals surface area contributed by atoms with Crippen molar-refractivity contribution < 1.29 is 14.6 Å². The van der Waals surface area contributed by atoms with Gasteiger partial charge in [0, 0.05) is 27.9 Å². The number of esters is 1. The van der Waals surface area contributed by atoms with Crippen molar-refractivity contribution in [1.29, 1.82) is 0 Å². The molecular weight excluding hydrogens is 398 g/mol. The molecule has 1 unspecified atom stereocenters. The molecule has 0 saturated heterocycles. The lowest BCUT2D eigenvalue weighted by Gasteiger charge is -2.16. The molecule has 0 aliphatic rings. The molecule has 0 saturated carbocycles. The van der Waals surface area contributed by atoms with Crippen LogP contribution < -0.4 is 5.32 Å². The second-order valence-corrected chi connectivity index (χ2v) is 7.36. The summed E-state index contributed by atoms with van der Waals surface area (Å²) in [5.74, 6) is 0.745. The summed E-state index contributed by atoms with van der Waals surface area (Å²) in [6.45, 7) is 7.86. The fourth-order valence-electron chi connectivity index (χ4n) is 3.05. The van der Waals surface area contributed by atoms with E-state index in [1.54, 1.807) is 42.5 Å². The Kier molecular flexibility index (Phi) is 7.32. The van der Waals surface area contributed by atoms with Gasteiger partial charge in [0.1, 0.15) is 5.82 Å². The second-order valence-electron chi connectivity index (χ2n) is 6.58. The number of benzene rings is 1. The fourth-order valence-corrected chi connectivity index (χ4v) is 3.68. The Labute approximate surface area is 180 Å². The van der Waals surface area contributed by atoms with Crippen LogP contribution in [0.3, 0.4) is 0 Å². The van der Waals surface area contributed by atoms with Crippen LogP contribution in [0.5, 0.6) is 0 Å². The summed E-state index contributed by atoms with van der Waals surface area (Å²) in [6.07, 6.45) is 1.97. The molecule has 0 bridgehead atoms. The Morgan fingerprint density at radius 2 is 2.03 bits per heavy atom. The number of hydrogen-bond donors (Lipinski definition) is 2. The number of aromatic nitrogens is 2. The molecule has 30 heavy (non-hydrogen) atoms. The van der Waals surface area contributed by atoms with E-state index in [1.807, 2.05) is 22.9 Å². The maximum Gasteiger partial charge on any atom is 0.339 e. The van der Waals surface area contributed by atoms with Gasteiger partial charge in [-0.25, -0.2) is 14.8 Å². The van der Waals surface area contributed by atoms with Gasteiger partial charge in [-0.15, -0.1) is 6.58 Å². The molecule has 2 N–H and O–H groups in total. The smallest absolute Gasteiger partial charge is 0.339 e. The van der Waals surface area contributed by atoms with E-state index in [4.69, 9.17) is 14.7 Å². The van der Waals surface area contributed by atoms with Gasteiger partial charge in [0.05, 0.1) is 6.61 Å². The third-order valence-corrected chi connectivity index (χ3v) is 5.24. The molecule has 1 atom stereocenters. The molecule has 0 spiro atoms. The number of nitrogens with one attached hydrogen (secondary N) is 1. The highest BCUT2D eigenvalue weighted by atomic mass is 32.1. The van der Waals surface area contributed by atoms with E-state index in [2.05, 4.69) is 18.8 Å². The molecule has 0 radical (unpaired) electrons. The summed E-state index contributed by atoms with van der Waals surface area (Å²) in [6, 6.07) is 8.99. The number of rotatable bonds is 9. The van der Waals surface area contributed by atoms with Crippen molar-refractivity contribution in [2.75, 3.05) is 11.9 Å². The summed E-state index contributed by atoms with van der Waals surface area (Å²) in [5, 5.41) is 17.5. The van der Waals surface area contributed by atoms with Crippen LogP contribution in [0.2, 0.25) is 0 Å². The molecule has 0 aliphatic carbocycles. The van der Waals surface area contributed by atoms with Gasteiger partial charge in [-0.2, -0.15) is 11.3 Å². The quantitative estimate of drug-likeness (QED) is 0.379. The molecule has 7 heteroatoms. The minimum absolute atomic E-state index is 0.224. The van der Waals surface area contributed by atoms with Gasteiger partial charge in [-0.1, -0.05) is 25.1 Å². The summed E-state index contributed by atoms with van der Waals surface area (Å²) in [7, 11) is 0. The largest absolute Gasteiger partial charge is 0.464 e. The number of anilines is 2. The number of ether oxygens (including phenoxy) is 1. The van der Waals surface area contributed by atoms with E-state index in [0.717, 1.165) is 34.7 Å². The van der Waals surface area contributed by atoms with Gasteiger partial charge in [0.15, 0.2) is 11.9 Å². The molecule has 0 amide bonds. The van der Waals surface area contributed by atoms with Crippen molar-refractivity contribution in [3.05, 3.63) is 70.6 Å². The number of nitrogens with zero attached hydrogens (tertiary/aromatic N) is 2. The Hall–Kier alpha value is -3.03. The highest BCUT2D eigenvalue weighted by Gasteiger charge is 2.19. The second kappa shape index (κ2) is 10.1. The number of aryl methyl sites for hydroxylation is 1. The van der Waals surface area contributed by atoms with Crippen molar-refractivity contribution in [2.45, 2.75) is 32.8 Å². The summed E-state index contributed by atoms with van der Waals surface area (Å²) < 4.78 is 4.87. The summed E-state index contributed by atoms with van der Waals surface area (Å²) in [5.41, 5.74) is 4.22. The summed E-state index contributed by atoms with van der Waals surface area (Å²) >= 11 is 1.60. The normalized spacial score (nSPS) is 11.7. The van der Waals surface area contributed by atoms with Gasteiger partial charge >= 0.3 is 5.97 Å². The van der Waals surface area contributed by atoms with Crippen molar-refractivity contribution in [3.8, 4) is 11.4 Å². The van der Waals surface area contributed by atoms with E-state index in [0.29, 0.717) is 17.8 Å². The van der Waals surface area contributed by atoms with Gasteiger partial charge in [0.2, 0.25) is 0 Å². The zero-order valence-electron chi connectivity index (χ0n) is 17.1. The van der Waals surface area contributed by atoms with E-state index < -0.39 is 12.1 Å². The summed E-state index contributed by atoms with van der Waals surface area (Å²) in [4.78, 5) is 21.3. The standard InChI is InChI=1S/C23H25N3O3S/c1-4-7-18-19(5-2)25-21(16-12-13-30-14-16)26-22(18)24-17-10-8-15(9-11-17)20(27)23(28)29-6-3/h4,8-14,20,27H,1,5-7H2,2-3H3,(H,24,25,26). The third-order valence-electron chi connectivity index (χ3n) is 4.55. The maximum absolute atomic E-state index is 11.7. The zero-order valence-corrected chi connectivity index (χ0v) is 17.9. The van der Waals surface area contributed by atoms with E-state index in [1.165, 1.54) is 0 Å². The van der Waals surface area contributed by atoms with Crippen molar-refractivity contribution in [3.63, 3.8) is 0 Å². The van der Waals surface area contributed by atoms with Gasteiger partial charge in [0.25, 0.3) is 0 Å². The molecule has 2 aromatic heterocycles. The molecule has 1 aromatic carbocycles. The highest BCUT2D eigenvalue weighted by molar-refractivity contribution is 7.08. The van der Waals surface area contributed by atoms with E-state index >= 15 is 0 Å². The Morgan fingerprint density at radius 1 is 1.27 bits per heavy atom. The number of hydrogen-bond acceptors (Lipinski definition) is 7. The van der Waals surface area contributed by atoms with Crippen LogP contribution in [0, 0.1) is 0 Å². The SMILES string of the molecule is C=CCc1c(CC)nc(-c2ccsc2)nc1Nc1ccc(C(O)C(=O)OCC)cc1. The van der Waals surface area contributed by atoms with Crippen LogP contribution in [0.15, 0.2) is 53.7 Å². The molecule has 3 aromatic rings. The van der Waals surface area contributed by atoms with Crippen LogP contribution in [0.25, 0.3) is 11.4 Å². The lowest BCUT2D eigenvalue weighted by atomic mass is 10.1. The van der Waals surface area contributed by atoms with Crippen LogP contribution in [0.1, 0.15) is 36.8 Å². The van der Waals surface area contributed by atoms with Crippen molar-refractivity contribution in [1.82, 2.24) is 9.97 Å². The molecule has 2 heterocycles. The van der Waals surface area contributed by atoms with Crippen LogP contribution >= 0.6 is 11.3 Å². The average molecular weight is 424 g/mol. The number of allylic oxidation sites excluding steroid dienone is 1. The third kappa shape index (κ3) is 4.93. The lowest BCUT2D eigenvalue weighted by Crippen LogP contribution is -2.15. The molecule has 156 valence electrons. The molecular formula is C23H25N3O3S. The highest BCUT2D eigenvalue weighted by Crippen LogP contribution is 2.28. The first-order valence-corrected chi connectivity index (χ1v) is 10.8. The minimum atomic E-state index is -1.30. The Morgan fingerprint density at radius 3 is 2.63 bits per heavy atom. The first-order valence-electron chi connectivity index (χ1n) is 9.82. The van der Waals surface area contributed by atoms with Gasteiger partial charge in [-0.3, -0.25) is 0 Å². The molecule has 0 fully saturated rings. The lowest BCUT2D eigenvalue weighted by molar-refractivity contribution is -0.153. The number of carbonyl (C=O) groups excluding carboxylic acids is 1. The molecule has 0 aliphatic heterocycles. The predicted octanol–water partition coefficient (Wildman–Crippen LogP) is 4.84. The maximum atomic E-state index is 11.7.